The first-order valence-corrected chi connectivity index (χ1v) is 6.40. The van der Waals surface area contributed by atoms with Crippen molar-refractivity contribution in [3.8, 4) is 5.75 Å². The predicted octanol–water partition coefficient (Wildman–Crippen LogP) is 3.35. The summed E-state index contributed by atoms with van der Waals surface area (Å²) in [6.45, 7) is 4.62. The van der Waals surface area contributed by atoms with Crippen LogP contribution in [0.2, 0.25) is 0 Å². The zero-order chi connectivity index (χ0) is 13.1. The van der Waals surface area contributed by atoms with E-state index >= 15 is 0 Å². The number of alkyl halides is 1. The Morgan fingerprint density at radius 3 is 2.39 bits per heavy atom. The molecular formula is C14H17ClN2O. The van der Waals surface area contributed by atoms with Gasteiger partial charge in [0, 0.05) is 24.7 Å². The highest BCUT2D eigenvalue weighted by atomic mass is 35.5. The Kier molecular flexibility index (Phi) is 3.92. The number of aryl methyl sites for hydroxylation is 3. The molecule has 0 atom stereocenters. The van der Waals surface area contributed by atoms with E-state index in [1.165, 1.54) is 0 Å². The molecule has 2 aromatic rings. The van der Waals surface area contributed by atoms with Gasteiger partial charge in [0.15, 0.2) is 0 Å². The first-order chi connectivity index (χ1) is 8.60. The first kappa shape index (κ1) is 13.0. The van der Waals surface area contributed by atoms with E-state index in [1.54, 1.807) is 4.68 Å². The van der Waals surface area contributed by atoms with Gasteiger partial charge < -0.3 is 4.74 Å². The zero-order valence-electron chi connectivity index (χ0n) is 10.9. The van der Waals surface area contributed by atoms with Crippen LogP contribution in [0.4, 0.5) is 0 Å². The van der Waals surface area contributed by atoms with Crippen LogP contribution in [-0.2, 0) is 19.5 Å². The van der Waals surface area contributed by atoms with Crippen molar-refractivity contribution < 1.29 is 4.74 Å². The second-order valence-electron chi connectivity index (χ2n) is 4.50. The van der Waals surface area contributed by atoms with Crippen LogP contribution in [0.15, 0.2) is 24.5 Å². The standard InChI is InChI=1S/C14H17ClN2O/c1-10-4-12(6-15)5-11(2)14(10)18-9-13-7-16-17(3)8-13/h4-5,7-8H,6,9H2,1-3H3. The SMILES string of the molecule is Cc1cc(CCl)cc(C)c1OCc1cnn(C)c1. The van der Waals surface area contributed by atoms with E-state index in [1.807, 2.05) is 33.3 Å². The molecule has 4 heteroatoms. The number of hydrogen-bond acceptors (Lipinski definition) is 2. The van der Waals surface area contributed by atoms with Gasteiger partial charge in [-0.1, -0.05) is 12.1 Å². The van der Waals surface area contributed by atoms with E-state index in [0.29, 0.717) is 12.5 Å². The monoisotopic (exact) mass is 264 g/mol. The van der Waals surface area contributed by atoms with Gasteiger partial charge in [0.2, 0.25) is 0 Å². The molecule has 18 heavy (non-hydrogen) atoms. The van der Waals surface area contributed by atoms with Gasteiger partial charge >= 0.3 is 0 Å². The number of benzene rings is 1. The summed E-state index contributed by atoms with van der Waals surface area (Å²) >= 11 is 5.85. The fourth-order valence-electron chi connectivity index (χ4n) is 2.05. The van der Waals surface area contributed by atoms with Crippen LogP contribution in [0.3, 0.4) is 0 Å². The summed E-state index contributed by atoms with van der Waals surface area (Å²) in [4.78, 5) is 0. The molecule has 1 heterocycles. The smallest absolute Gasteiger partial charge is 0.125 e. The van der Waals surface area contributed by atoms with E-state index in [2.05, 4.69) is 17.2 Å². The van der Waals surface area contributed by atoms with Crippen molar-refractivity contribution in [3.05, 3.63) is 46.8 Å². The summed E-state index contributed by atoms with van der Waals surface area (Å²) in [5, 5.41) is 4.12. The first-order valence-electron chi connectivity index (χ1n) is 5.86. The number of aromatic nitrogens is 2. The molecule has 0 unspecified atom stereocenters. The van der Waals surface area contributed by atoms with Crippen LogP contribution in [0.1, 0.15) is 22.3 Å². The molecule has 0 radical (unpaired) electrons. The van der Waals surface area contributed by atoms with Crippen molar-refractivity contribution in [2.75, 3.05) is 0 Å². The minimum absolute atomic E-state index is 0.532. The lowest BCUT2D eigenvalue weighted by atomic mass is 10.1. The minimum atomic E-state index is 0.532. The number of hydrogen-bond donors (Lipinski definition) is 0. The van der Waals surface area contributed by atoms with Crippen LogP contribution < -0.4 is 4.74 Å². The van der Waals surface area contributed by atoms with E-state index < -0.39 is 0 Å². The van der Waals surface area contributed by atoms with E-state index in [4.69, 9.17) is 16.3 Å². The van der Waals surface area contributed by atoms with Gasteiger partial charge in [0.25, 0.3) is 0 Å². The lowest BCUT2D eigenvalue weighted by Gasteiger charge is -2.12. The molecule has 0 saturated heterocycles. The molecule has 0 bridgehead atoms. The Hall–Kier alpha value is -1.48. The molecule has 0 spiro atoms. The molecular weight excluding hydrogens is 248 g/mol. The van der Waals surface area contributed by atoms with Gasteiger partial charge in [-0.25, -0.2) is 0 Å². The fourth-order valence-corrected chi connectivity index (χ4v) is 2.20. The molecule has 1 aromatic carbocycles. The Labute approximate surface area is 112 Å². The molecule has 0 aliphatic heterocycles. The summed E-state index contributed by atoms with van der Waals surface area (Å²) in [7, 11) is 1.90. The van der Waals surface area contributed by atoms with Gasteiger partial charge in [0.1, 0.15) is 12.4 Å². The second kappa shape index (κ2) is 5.44. The summed E-state index contributed by atoms with van der Waals surface area (Å²) < 4.78 is 7.64. The van der Waals surface area contributed by atoms with Crippen LogP contribution in [0.25, 0.3) is 0 Å². The maximum Gasteiger partial charge on any atom is 0.125 e. The summed E-state index contributed by atoms with van der Waals surface area (Å²) in [6.07, 6.45) is 3.77. The van der Waals surface area contributed by atoms with Gasteiger partial charge in [-0.05, 0) is 30.5 Å². The maximum atomic E-state index is 5.87. The van der Waals surface area contributed by atoms with Crippen LogP contribution >= 0.6 is 11.6 Å². The third-order valence-electron chi connectivity index (χ3n) is 2.82. The van der Waals surface area contributed by atoms with Gasteiger partial charge in [0.05, 0.1) is 6.20 Å². The normalized spacial score (nSPS) is 10.7. The lowest BCUT2D eigenvalue weighted by molar-refractivity contribution is 0.302. The number of rotatable bonds is 4. The van der Waals surface area contributed by atoms with Crippen molar-refractivity contribution in [2.24, 2.45) is 7.05 Å². The van der Waals surface area contributed by atoms with Gasteiger partial charge in [-0.3, -0.25) is 4.68 Å². The molecule has 2 rings (SSSR count). The quantitative estimate of drug-likeness (QED) is 0.792. The fraction of sp³-hybridized carbons (Fsp3) is 0.357. The van der Waals surface area contributed by atoms with Crippen LogP contribution in [0, 0.1) is 13.8 Å². The van der Waals surface area contributed by atoms with Crippen LogP contribution in [0.5, 0.6) is 5.75 Å². The molecule has 0 fully saturated rings. The third kappa shape index (κ3) is 2.85. The predicted molar refractivity (Wildman–Crippen MR) is 73.0 cm³/mol. The highest BCUT2D eigenvalue weighted by Crippen LogP contribution is 2.26. The molecule has 0 amide bonds. The number of ether oxygens (including phenoxy) is 1. The Morgan fingerprint density at radius 1 is 1.22 bits per heavy atom. The number of nitrogens with zero attached hydrogens (tertiary/aromatic N) is 2. The molecule has 1 aromatic heterocycles. The maximum absolute atomic E-state index is 5.87. The Morgan fingerprint density at radius 2 is 1.89 bits per heavy atom. The van der Waals surface area contributed by atoms with Crippen molar-refractivity contribution in [1.29, 1.82) is 0 Å². The average Bonchev–Trinajstić information content (AvgIpc) is 2.73. The van der Waals surface area contributed by atoms with Crippen molar-refractivity contribution in [3.63, 3.8) is 0 Å². The summed E-state index contributed by atoms with van der Waals surface area (Å²) in [5.74, 6) is 1.47. The third-order valence-corrected chi connectivity index (χ3v) is 3.12. The van der Waals surface area contributed by atoms with E-state index in [-0.39, 0.29) is 0 Å². The second-order valence-corrected chi connectivity index (χ2v) is 4.77. The van der Waals surface area contributed by atoms with Crippen molar-refractivity contribution >= 4 is 11.6 Å². The molecule has 0 aliphatic rings. The molecule has 3 nitrogen and oxygen atoms in total. The molecule has 0 N–H and O–H groups in total. The van der Waals surface area contributed by atoms with Gasteiger partial charge in [-0.15, -0.1) is 11.6 Å². The van der Waals surface area contributed by atoms with E-state index in [9.17, 15) is 0 Å². The topological polar surface area (TPSA) is 27.1 Å². The largest absolute Gasteiger partial charge is 0.488 e. The zero-order valence-corrected chi connectivity index (χ0v) is 11.7. The highest BCUT2D eigenvalue weighted by Gasteiger charge is 2.07. The summed E-state index contributed by atoms with van der Waals surface area (Å²) in [6, 6.07) is 4.14. The Bertz CT molecular complexity index is 525. The molecule has 0 aliphatic carbocycles. The van der Waals surface area contributed by atoms with Crippen LogP contribution in [-0.4, -0.2) is 9.78 Å². The summed E-state index contributed by atoms with van der Waals surface area (Å²) in [5.41, 5.74) is 4.43. The van der Waals surface area contributed by atoms with E-state index in [0.717, 1.165) is 28.0 Å². The highest BCUT2D eigenvalue weighted by molar-refractivity contribution is 6.17. The van der Waals surface area contributed by atoms with Crippen molar-refractivity contribution in [2.45, 2.75) is 26.3 Å². The lowest BCUT2D eigenvalue weighted by Crippen LogP contribution is -1.99. The number of halogens is 1. The molecule has 0 saturated carbocycles. The van der Waals surface area contributed by atoms with Gasteiger partial charge in [-0.2, -0.15) is 5.10 Å². The Balaban J connectivity index is 2.14. The average molecular weight is 265 g/mol. The van der Waals surface area contributed by atoms with Crippen molar-refractivity contribution in [1.82, 2.24) is 9.78 Å². The molecule has 96 valence electrons. The minimum Gasteiger partial charge on any atom is -0.488 e.